The van der Waals surface area contributed by atoms with E-state index in [9.17, 15) is 0 Å². The second-order valence-electron chi connectivity index (χ2n) is 5.83. The van der Waals surface area contributed by atoms with Gasteiger partial charge in [-0.25, -0.2) is 9.98 Å². The van der Waals surface area contributed by atoms with E-state index in [2.05, 4.69) is 74.9 Å². The molecule has 92 valence electrons. The molecular formula is C15H22N2. The topological polar surface area (TPSA) is 24.7 Å². The minimum Gasteiger partial charge on any atom is -0.229 e. The van der Waals surface area contributed by atoms with Crippen molar-refractivity contribution in [2.24, 2.45) is 9.98 Å². The molecule has 1 aromatic carbocycles. The molecule has 0 aromatic heterocycles. The van der Waals surface area contributed by atoms with Gasteiger partial charge >= 0.3 is 0 Å². The predicted molar refractivity (Wildman–Crippen MR) is 74.0 cm³/mol. The van der Waals surface area contributed by atoms with Gasteiger partial charge in [0.15, 0.2) is 0 Å². The summed E-state index contributed by atoms with van der Waals surface area (Å²) in [6.45, 7) is 10.8. The molecule has 0 heterocycles. The number of hydrogen-bond donors (Lipinski definition) is 0. The van der Waals surface area contributed by atoms with Gasteiger partial charge in [0.2, 0.25) is 0 Å². The summed E-state index contributed by atoms with van der Waals surface area (Å²) in [6, 6.07) is 11.3. The molecule has 0 bridgehead atoms. The number of aliphatic imine (C=N–C) groups is 2. The summed E-state index contributed by atoms with van der Waals surface area (Å²) in [5.41, 5.74) is 2.41. The van der Waals surface area contributed by atoms with Gasteiger partial charge in [-0.15, -0.1) is 0 Å². The maximum absolute atomic E-state index is 4.35. The third kappa shape index (κ3) is 3.54. The maximum atomic E-state index is 4.35. The Bertz CT molecular complexity index is 444. The highest BCUT2D eigenvalue weighted by Gasteiger charge is 2.21. The van der Waals surface area contributed by atoms with E-state index in [1.807, 2.05) is 0 Å². The van der Waals surface area contributed by atoms with Crippen LogP contribution in [0.1, 0.15) is 45.7 Å². The molecule has 0 atom stereocenters. The molecule has 1 aromatic rings. The maximum Gasteiger partial charge on any atom is 0.0910 e. The van der Waals surface area contributed by atoms with E-state index < -0.39 is 0 Å². The van der Waals surface area contributed by atoms with Gasteiger partial charge in [-0.3, -0.25) is 0 Å². The highest BCUT2D eigenvalue weighted by atomic mass is 14.9. The first kappa shape index (κ1) is 13.7. The van der Waals surface area contributed by atoms with E-state index in [0.717, 1.165) is 0 Å². The van der Waals surface area contributed by atoms with Crippen molar-refractivity contribution in [3.05, 3.63) is 35.4 Å². The number of benzene rings is 1. The van der Waals surface area contributed by atoms with Crippen molar-refractivity contribution in [1.29, 1.82) is 0 Å². The van der Waals surface area contributed by atoms with Gasteiger partial charge in [-0.05, 0) is 30.4 Å². The van der Waals surface area contributed by atoms with Crippen LogP contribution in [0.5, 0.6) is 0 Å². The highest BCUT2D eigenvalue weighted by molar-refractivity contribution is 5.44. The second-order valence-corrected chi connectivity index (χ2v) is 5.83. The Balaban J connectivity index is 3.20. The van der Waals surface area contributed by atoms with E-state index in [1.54, 1.807) is 7.05 Å². The lowest BCUT2D eigenvalue weighted by Gasteiger charge is -2.24. The Kier molecular flexibility index (Phi) is 3.90. The fraction of sp³-hybridized carbons (Fsp3) is 0.533. The lowest BCUT2D eigenvalue weighted by molar-refractivity contribution is 0.550. The molecule has 0 fully saturated rings. The Morgan fingerprint density at radius 3 is 2.12 bits per heavy atom. The standard InChI is InChI=1S/C15H22N2/c1-14(2,3)12-8-7-9-13(10-12)15(4,5)17-11-16-6/h7-10H,1-6H3. The van der Waals surface area contributed by atoms with E-state index in [-0.39, 0.29) is 11.0 Å². The summed E-state index contributed by atoms with van der Waals surface area (Å²) in [7, 11) is 1.69. The summed E-state index contributed by atoms with van der Waals surface area (Å²) < 4.78 is 0. The quantitative estimate of drug-likeness (QED) is 0.685. The van der Waals surface area contributed by atoms with Crippen LogP contribution < -0.4 is 0 Å². The zero-order chi connectivity index (χ0) is 13.1. The van der Waals surface area contributed by atoms with Crippen molar-refractivity contribution in [2.75, 3.05) is 7.05 Å². The lowest BCUT2D eigenvalue weighted by Crippen LogP contribution is -2.17. The van der Waals surface area contributed by atoms with Crippen molar-refractivity contribution in [1.82, 2.24) is 0 Å². The predicted octanol–water partition coefficient (Wildman–Crippen LogP) is 4.02. The van der Waals surface area contributed by atoms with Crippen LogP contribution in [-0.4, -0.2) is 13.1 Å². The smallest absolute Gasteiger partial charge is 0.0910 e. The summed E-state index contributed by atoms with van der Waals surface area (Å²) in [5.74, 6) is 0. The lowest BCUT2D eigenvalue weighted by atomic mass is 9.83. The molecule has 2 heteroatoms. The molecule has 0 saturated heterocycles. The van der Waals surface area contributed by atoms with Crippen molar-refractivity contribution < 1.29 is 0 Å². The Morgan fingerprint density at radius 1 is 1.00 bits per heavy atom. The minimum absolute atomic E-state index is 0.161. The average Bonchev–Trinajstić information content (AvgIpc) is 2.25. The van der Waals surface area contributed by atoms with Gasteiger partial charge in [0.1, 0.15) is 0 Å². The second kappa shape index (κ2) is 4.85. The Labute approximate surface area is 105 Å². The van der Waals surface area contributed by atoms with Crippen LogP contribution in [0.25, 0.3) is 0 Å². The van der Waals surface area contributed by atoms with Gasteiger partial charge in [0.05, 0.1) is 11.5 Å². The Morgan fingerprint density at radius 2 is 1.59 bits per heavy atom. The summed E-state index contributed by atoms with van der Waals surface area (Å²) in [4.78, 5) is 8.15. The van der Waals surface area contributed by atoms with Crippen LogP contribution in [0.3, 0.4) is 0 Å². The summed E-state index contributed by atoms with van der Waals surface area (Å²) in [6.07, 6.45) is 0. The SMILES string of the molecule is CN=C=NC(C)(C)c1cccc(C(C)(C)C)c1. The first-order chi connectivity index (χ1) is 7.77. The molecule has 0 unspecified atom stereocenters. The number of hydrogen-bond acceptors (Lipinski definition) is 2. The van der Waals surface area contributed by atoms with Gasteiger partial charge in [-0.2, -0.15) is 0 Å². The molecular weight excluding hydrogens is 208 g/mol. The van der Waals surface area contributed by atoms with Crippen molar-refractivity contribution in [3.63, 3.8) is 0 Å². The van der Waals surface area contributed by atoms with Crippen LogP contribution in [0.2, 0.25) is 0 Å². The van der Waals surface area contributed by atoms with Crippen LogP contribution in [0.15, 0.2) is 34.3 Å². The number of nitrogens with zero attached hydrogens (tertiary/aromatic N) is 2. The molecule has 0 aliphatic carbocycles. The fourth-order valence-corrected chi connectivity index (χ4v) is 1.61. The third-order valence-corrected chi connectivity index (χ3v) is 2.86. The molecule has 0 amide bonds. The van der Waals surface area contributed by atoms with E-state index in [4.69, 9.17) is 0 Å². The van der Waals surface area contributed by atoms with Crippen LogP contribution >= 0.6 is 0 Å². The van der Waals surface area contributed by atoms with E-state index >= 15 is 0 Å². The van der Waals surface area contributed by atoms with Gasteiger partial charge < -0.3 is 0 Å². The first-order valence-corrected chi connectivity index (χ1v) is 5.94. The minimum atomic E-state index is -0.277. The highest BCUT2D eigenvalue weighted by Crippen LogP contribution is 2.29. The third-order valence-electron chi connectivity index (χ3n) is 2.86. The normalized spacial score (nSPS) is 11.9. The molecule has 0 aliphatic heterocycles. The van der Waals surface area contributed by atoms with Gasteiger partial charge in [0, 0.05) is 7.05 Å². The van der Waals surface area contributed by atoms with E-state index in [1.165, 1.54) is 11.1 Å². The summed E-state index contributed by atoms with van der Waals surface area (Å²) >= 11 is 0. The molecule has 0 aliphatic rings. The first-order valence-electron chi connectivity index (χ1n) is 5.94. The average molecular weight is 230 g/mol. The largest absolute Gasteiger partial charge is 0.229 e. The van der Waals surface area contributed by atoms with Crippen LogP contribution in [-0.2, 0) is 11.0 Å². The zero-order valence-corrected chi connectivity index (χ0v) is 11.7. The van der Waals surface area contributed by atoms with Crippen molar-refractivity contribution in [2.45, 2.75) is 45.6 Å². The van der Waals surface area contributed by atoms with Crippen molar-refractivity contribution in [3.8, 4) is 0 Å². The molecule has 1 rings (SSSR count). The summed E-state index contributed by atoms with van der Waals surface area (Å²) in [5, 5.41) is 0. The molecule has 2 nitrogen and oxygen atoms in total. The van der Waals surface area contributed by atoms with Gasteiger partial charge in [-0.1, -0.05) is 45.0 Å². The molecule has 0 saturated carbocycles. The molecule has 0 spiro atoms. The Hall–Kier alpha value is -1.40. The number of rotatable bonds is 2. The van der Waals surface area contributed by atoms with Crippen molar-refractivity contribution >= 4 is 6.01 Å². The monoisotopic (exact) mass is 230 g/mol. The molecule has 17 heavy (non-hydrogen) atoms. The molecule has 0 radical (unpaired) electrons. The molecule has 0 N–H and O–H groups in total. The van der Waals surface area contributed by atoms with Gasteiger partial charge in [0.25, 0.3) is 0 Å². The van der Waals surface area contributed by atoms with Crippen LogP contribution in [0.4, 0.5) is 0 Å². The zero-order valence-electron chi connectivity index (χ0n) is 11.7. The van der Waals surface area contributed by atoms with Crippen LogP contribution in [0, 0.1) is 0 Å². The fourth-order valence-electron chi connectivity index (χ4n) is 1.61. The van der Waals surface area contributed by atoms with E-state index in [0.29, 0.717) is 0 Å².